The third kappa shape index (κ3) is 2.32. The molecule has 0 bridgehead atoms. The quantitative estimate of drug-likeness (QED) is 0.839. The van der Waals surface area contributed by atoms with E-state index >= 15 is 0 Å². The van der Waals surface area contributed by atoms with Gasteiger partial charge in [-0.05, 0) is 46.8 Å². The number of benzene rings is 1. The van der Waals surface area contributed by atoms with Gasteiger partial charge >= 0.3 is 0 Å². The van der Waals surface area contributed by atoms with Gasteiger partial charge in [0.05, 0.1) is 11.3 Å². The van der Waals surface area contributed by atoms with Crippen LogP contribution in [0.5, 0.6) is 0 Å². The lowest BCUT2D eigenvalue weighted by atomic mass is 10.1. The van der Waals surface area contributed by atoms with Crippen molar-refractivity contribution < 1.29 is 0 Å². The highest BCUT2D eigenvalue weighted by molar-refractivity contribution is 9.10. The van der Waals surface area contributed by atoms with Gasteiger partial charge in [-0.2, -0.15) is 5.26 Å². The first-order valence-electron chi connectivity index (χ1n) is 5.12. The molecule has 2 rings (SSSR count). The van der Waals surface area contributed by atoms with Crippen LogP contribution in [0, 0.1) is 17.2 Å². The maximum atomic E-state index is 9.09. The lowest BCUT2D eigenvalue weighted by Gasteiger charge is -2.20. The van der Waals surface area contributed by atoms with Crippen LogP contribution in [0.25, 0.3) is 0 Å². The van der Waals surface area contributed by atoms with Crippen LogP contribution in [0.15, 0.2) is 22.7 Å². The molecule has 0 amide bonds. The zero-order valence-electron chi connectivity index (χ0n) is 8.70. The first-order chi connectivity index (χ1) is 7.22. The van der Waals surface area contributed by atoms with Crippen LogP contribution >= 0.6 is 15.9 Å². The zero-order valence-corrected chi connectivity index (χ0v) is 10.3. The van der Waals surface area contributed by atoms with E-state index in [0.717, 1.165) is 28.2 Å². The predicted molar refractivity (Wildman–Crippen MR) is 64.9 cm³/mol. The molecule has 1 aromatic rings. The molecule has 0 spiro atoms. The average molecular weight is 265 g/mol. The van der Waals surface area contributed by atoms with Crippen molar-refractivity contribution in [3.63, 3.8) is 0 Å². The van der Waals surface area contributed by atoms with Gasteiger partial charge in [0.15, 0.2) is 0 Å². The minimum atomic E-state index is 0.737. The van der Waals surface area contributed by atoms with Crippen molar-refractivity contribution in [2.45, 2.75) is 12.8 Å². The Kier molecular flexibility index (Phi) is 2.97. The standard InChI is InChI=1S/C12H13BrN2/c1-15(8-9-5-6-9)12-4-2-3-11(13)10(12)7-14/h2-4,9H,5-6,8H2,1H3. The van der Waals surface area contributed by atoms with Crippen molar-refractivity contribution in [2.24, 2.45) is 5.92 Å². The lowest BCUT2D eigenvalue weighted by molar-refractivity contribution is 0.786. The summed E-state index contributed by atoms with van der Waals surface area (Å²) in [6, 6.07) is 8.14. The number of halogens is 1. The van der Waals surface area contributed by atoms with E-state index in [0.29, 0.717) is 0 Å². The maximum absolute atomic E-state index is 9.09. The third-order valence-electron chi connectivity index (χ3n) is 2.74. The summed E-state index contributed by atoms with van der Waals surface area (Å²) in [6.45, 7) is 1.06. The van der Waals surface area contributed by atoms with E-state index in [2.05, 4.69) is 33.9 Å². The van der Waals surface area contributed by atoms with Gasteiger partial charge in [0.25, 0.3) is 0 Å². The lowest BCUT2D eigenvalue weighted by Crippen LogP contribution is -2.20. The fraction of sp³-hybridized carbons (Fsp3) is 0.417. The molecule has 78 valence electrons. The van der Waals surface area contributed by atoms with Gasteiger partial charge in [-0.15, -0.1) is 0 Å². The highest BCUT2D eigenvalue weighted by Gasteiger charge is 2.24. The zero-order chi connectivity index (χ0) is 10.8. The molecule has 0 saturated heterocycles. The maximum Gasteiger partial charge on any atom is 0.103 e. The summed E-state index contributed by atoms with van der Waals surface area (Å²) < 4.78 is 0.880. The molecule has 1 fully saturated rings. The normalized spacial score (nSPS) is 14.7. The van der Waals surface area contributed by atoms with E-state index in [9.17, 15) is 0 Å². The van der Waals surface area contributed by atoms with Crippen molar-refractivity contribution >= 4 is 21.6 Å². The Morgan fingerprint density at radius 2 is 2.27 bits per heavy atom. The van der Waals surface area contributed by atoms with E-state index < -0.39 is 0 Å². The summed E-state index contributed by atoms with van der Waals surface area (Å²) in [4.78, 5) is 2.18. The van der Waals surface area contributed by atoms with Crippen molar-refractivity contribution in [1.29, 1.82) is 5.26 Å². The monoisotopic (exact) mass is 264 g/mol. The van der Waals surface area contributed by atoms with Gasteiger partial charge in [0, 0.05) is 18.1 Å². The number of rotatable bonds is 3. The number of anilines is 1. The van der Waals surface area contributed by atoms with Gasteiger partial charge in [0.1, 0.15) is 6.07 Å². The van der Waals surface area contributed by atoms with Crippen molar-refractivity contribution in [1.82, 2.24) is 0 Å². The average Bonchev–Trinajstić information content (AvgIpc) is 3.01. The molecule has 15 heavy (non-hydrogen) atoms. The summed E-state index contributed by atoms with van der Waals surface area (Å²) >= 11 is 3.41. The second kappa shape index (κ2) is 4.24. The molecule has 0 atom stereocenters. The van der Waals surface area contributed by atoms with Crippen LogP contribution in [0.1, 0.15) is 18.4 Å². The molecule has 0 N–H and O–H groups in total. The molecule has 0 heterocycles. The fourth-order valence-electron chi connectivity index (χ4n) is 1.73. The third-order valence-corrected chi connectivity index (χ3v) is 3.40. The van der Waals surface area contributed by atoms with Crippen LogP contribution in [-0.4, -0.2) is 13.6 Å². The predicted octanol–water partition coefficient (Wildman–Crippen LogP) is 3.17. The van der Waals surface area contributed by atoms with E-state index in [1.807, 2.05) is 18.2 Å². The van der Waals surface area contributed by atoms with Crippen molar-refractivity contribution in [3.8, 4) is 6.07 Å². The molecule has 0 radical (unpaired) electrons. The van der Waals surface area contributed by atoms with Crippen LogP contribution in [-0.2, 0) is 0 Å². The van der Waals surface area contributed by atoms with Crippen LogP contribution in [0.3, 0.4) is 0 Å². The molecule has 3 heteroatoms. The summed E-state index contributed by atoms with van der Waals surface area (Å²) in [5, 5.41) is 9.09. The number of nitriles is 1. The number of hydrogen-bond donors (Lipinski definition) is 0. The van der Waals surface area contributed by atoms with Gasteiger partial charge in [-0.1, -0.05) is 6.07 Å². The fourth-order valence-corrected chi connectivity index (χ4v) is 2.17. The summed E-state index contributed by atoms with van der Waals surface area (Å²) in [5.41, 5.74) is 1.76. The molecule has 1 aliphatic carbocycles. The molecule has 1 saturated carbocycles. The van der Waals surface area contributed by atoms with E-state index in [4.69, 9.17) is 5.26 Å². The van der Waals surface area contributed by atoms with E-state index in [1.165, 1.54) is 12.8 Å². The van der Waals surface area contributed by atoms with E-state index in [-0.39, 0.29) is 0 Å². The first kappa shape index (κ1) is 10.5. The van der Waals surface area contributed by atoms with E-state index in [1.54, 1.807) is 0 Å². The highest BCUT2D eigenvalue weighted by Crippen LogP contribution is 2.33. The number of hydrogen-bond acceptors (Lipinski definition) is 2. The summed E-state index contributed by atoms with van der Waals surface area (Å²) in [7, 11) is 2.06. The Labute approximate surface area is 98.6 Å². The highest BCUT2D eigenvalue weighted by atomic mass is 79.9. The van der Waals surface area contributed by atoms with Gasteiger partial charge < -0.3 is 4.90 Å². The van der Waals surface area contributed by atoms with Gasteiger partial charge in [0.2, 0.25) is 0 Å². The van der Waals surface area contributed by atoms with Gasteiger partial charge in [-0.3, -0.25) is 0 Å². The van der Waals surface area contributed by atoms with Crippen molar-refractivity contribution in [3.05, 3.63) is 28.2 Å². The minimum Gasteiger partial charge on any atom is -0.373 e. The van der Waals surface area contributed by atoms with Crippen LogP contribution in [0.2, 0.25) is 0 Å². The second-order valence-corrected chi connectivity index (χ2v) is 4.92. The Hall–Kier alpha value is -1.01. The number of nitrogens with zero attached hydrogens (tertiary/aromatic N) is 2. The molecule has 0 aromatic heterocycles. The van der Waals surface area contributed by atoms with Crippen molar-refractivity contribution in [2.75, 3.05) is 18.5 Å². The Bertz CT molecular complexity index is 405. The summed E-state index contributed by atoms with van der Waals surface area (Å²) in [5.74, 6) is 0.834. The molecule has 2 nitrogen and oxygen atoms in total. The largest absolute Gasteiger partial charge is 0.373 e. The molecule has 0 aliphatic heterocycles. The van der Waals surface area contributed by atoms with Crippen LogP contribution < -0.4 is 4.90 Å². The topological polar surface area (TPSA) is 27.0 Å². The van der Waals surface area contributed by atoms with Crippen LogP contribution in [0.4, 0.5) is 5.69 Å². The Balaban J connectivity index is 2.25. The van der Waals surface area contributed by atoms with Gasteiger partial charge in [-0.25, -0.2) is 0 Å². The smallest absolute Gasteiger partial charge is 0.103 e. The molecular weight excluding hydrogens is 252 g/mol. The SMILES string of the molecule is CN(CC1CC1)c1cccc(Br)c1C#N. The minimum absolute atomic E-state index is 0.737. The molecule has 0 unspecified atom stereocenters. The molecule has 1 aromatic carbocycles. The first-order valence-corrected chi connectivity index (χ1v) is 5.91. The Morgan fingerprint density at radius 3 is 2.87 bits per heavy atom. The summed E-state index contributed by atoms with van der Waals surface area (Å²) in [6.07, 6.45) is 2.67. The Morgan fingerprint density at radius 1 is 1.53 bits per heavy atom. The molecule has 1 aliphatic rings. The second-order valence-electron chi connectivity index (χ2n) is 4.07. The molecular formula is C12H13BrN2.